The molecule has 1 aliphatic carbocycles. The van der Waals surface area contributed by atoms with Gasteiger partial charge >= 0.3 is 5.97 Å². The van der Waals surface area contributed by atoms with Crippen LogP contribution in [-0.2, 0) is 14.3 Å². The van der Waals surface area contributed by atoms with Gasteiger partial charge in [-0.05, 0) is 31.4 Å². The molecule has 0 aromatic heterocycles. The first-order chi connectivity index (χ1) is 11.7. The molecule has 0 heterocycles. The van der Waals surface area contributed by atoms with Crippen molar-refractivity contribution in [3.05, 3.63) is 30.3 Å². The van der Waals surface area contributed by atoms with Crippen molar-refractivity contribution >= 4 is 17.6 Å². The Morgan fingerprint density at radius 3 is 2.58 bits per heavy atom. The molecule has 1 N–H and O–H groups in total. The monoisotopic (exact) mass is 332 g/mol. The van der Waals surface area contributed by atoms with Crippen LogP contribution >= 0.6 is 0 Å². The van der Waals surface area contributed by atoms with Gasteiger partial charge in [-0.2, -0.15) is 0 Å². The highest BCUT2D eigenvalue weighted by Crippen LogP contribution is 2.24. The molecule has 0 saturated heterocycles. The van der Waals surface area contributed by atoms with E-state index in [-0.39, 0.29) is 24.4 Å². The molecule has 1 aliphatic rings. The number of anilines is 1. The largest absolute Gasteiger partial charge is 0.455 e. The van der Waals surface area contributed by atoms with E-state index in [0.717, 1.165) is 44.3 Å². The minimum absolute atomic E-state index is 0.00827. The summed E-state index contributed by atoms with van der Waals surface area (Å²) < 4.78 is 5.13. The van der Waals surface area contributed by atoms with E-state index < -0.39 is 0 Å². The molecule has 1 amide bonds. The summed E-state index contributed by atoms with van der Waals surface area (Å²) in [5.74, 6) is -0.443. The van der Waals surface area contributed by atoms with Crippen molar-refractivity contribution in [2.45, 2.75) is 38.5 Å². The van der Waals surface area contributed by atoms with Gasteiger partial charge in [0.1, 0.15) is 0 Å². The number of benzene rings is 1. The normalized spacial score (nSPS) is 14.9. The maximum absolute atomic E-state index is 11.9. The maximum atomic E-state index is 11.9. The predicted molar refractivity (Wildman–Crippen MR) is 94.9 cm³/mol. The van der Waals surface area contributed by atoms with Crippen molar-refractivity contribution in [1.82, 2.24) is 5.32 Å². The molecule has 1 fully saturated rings. The van der Waals surface area contributed by atoms with Gasteiger partial charge < -0.3 is 15.0 Å². The van der Waals surface area contributed by atoms with Crippen LogP contribution in [0.25, 0.3) is 0 Å². The van der Waals surface area contributed by atoms with Crippen LogP contribution in [0.5, 0.6) is 0 Å². The Hall–Kier alpha value is -2.04. The van der Waals surface area contributed by atoms with E-state index in [4.69, 9.17) is 4.74 Å². The number of ether oxygens (including phenoxy) is 1. The molecule has 1 saturated carbocycles. The van der Waals surface area contributed by atoms with Crippen molar-refractivity contribution in [3.8, 4) is 0 Å². The molecule has 1 aromatic carbocycles. The summed E-state index contributed by atoms with van der Waals surface area (Å²) in [6.07, 6.45) is 6.00. The average molecular weight is 332 g/mol. The zero-order valence-electron chi connectivity index (χ0n) is 14.5. The quantitative estimate of drug-likeness (QED) is 0.587. The average Bonchev–Trinajstić information content (AvgIpc) is 2.64. The van der Waals surface area contributed by atoms with E-state index in [0.29, 0.717) is 6.54 Å². The van der Waals surface area contributed by atoms with Crippen molar-refractivity contribution in [2.75, 3.05) is 31.6 Å². The molecular weight excluding hydrogens is 304 g/mol. The Balaban J connectivity index is 1.55. The third-order valence-electron chi connectivity index (χ3n) is 4.47. The Bertz CT molecular complexity index is 513. The van der Waals surface area contributed by atoms with Crippen LogP contribution in [-0.4, -0.2) is 38.6 Å². The highest BCUT2D eigenvalue weighted by Gasteiger charge is 2.22. The van der Waals surface area contributed by atoms with Gasteiger partial charge in [-0.1, -0.05) is 37.5 Å². The highest BCUT2D eigenvalue weighted by atomic mass is 16.5. The molecule has 2 rings (SSSR count). The van der Waals surface area contributed by atoms with Crippen LogP contribution in [0.15, 0.2) is 30.3 Å². The van der Waals surface area contributed by atoms with E-state index >= 15 is 0 Å². The van der Waals surface area contributed by atoms with Crippen LogP contribution in [0.4, 0.5) is 5.69 Å². The fourth-order valence-corrected chi connectivity index (χ4v) is 3.00. The third kappa shape index (κ3) is 6.22. The lowest BCUT2D eigenvalue weighted by Crippen LogP contribution is -2.32. The number of rotatable bonds is 8. The summed E-state index contributed by atoms with van der Waals surface area (Å²) >= 11 is 0. The van der Waals surface area contributed by atoms with Crippen molar-refractivity contribution in [2.24, 2.45) is 5.92 Å². The van der Waals surface area contributed by atoms with Gasteiger partial charge in [-0.25, -0.2) is 0 Å². The number of esters is 1. The second-order valence-corrected chi connectivity index (χ2v) is 6.40. The highest BCUT2D eigenvalue weighted by molar-refractivity contribution is 5.81. The first-order valence-corrected chi connectivity index (χ1v) is 8.86. The molecule has 0 radical (unpaired) electrons. The minimum Gasteiger partial charge on any atom is -0.455 e. The smallest absolute Gasteiger partial charge is 0.309 e. The molecule has 5 nitrogen and oxygen atoms in total. The number of para-hydroxylation sites is 1. The van der Waals surface area contributed by atoms with Crippen molar-refractivity contribution < 1.29 is 14.3 Å². The summed E-state index contributed by atoms with van der Waals surface area (Å²) in [4.78, 5) is 25.8. The Labute approximate surface area is 144 Å². The molecule has 132 valence electrons. The molecule has 5 heteroatoms. The summed E-state index contributed by atoms with van der Waals surface area (Å²) in [7, 11) is 2.03. The molecule has 0 unspecified atom stereocenters. The Morgan fingerprint density at radius 2 is 1.88 bits per heavy atom. The molecule has 0 aliphatic heterocycles. The van der Waals surface area contributed by atoms with Crippen molar-refractivity contribution in [3.63, 3.8) is 0 Å². The van der Waals surface area contributed by atoms with Gasteiger partial charge in [0.2, 0.25) is 0 Å². The molecule has 1 aromatic rings. The van der Waals surface area contributed by atoms with Gasteiger partial charge in [-0.15, -0.1) is 0 Å². The van der Waals surface area contributed by atoms with Crippen molar-refractivity contribution in [1.29, 1.82) is 0 Å². The SMILES string of the molecule is CN(CCCNC(=O)COC(=O)C1CCCCC1)c1ccccc1. The van der Waals surface area contributed by atoms with Crippen LogP contribution in [0.2, 0.25) is 0 Å². The van der Waals surface area contributed by atoms with Gasteiger partial charge in [0.25, 0.3) is 5.91 Å². The third-order valence-corrected chi connectivity index (χ3v) is 4.47. The molecule has 0 bridgehead atoms. The fourth-order valence-electron chi connectivity index (χ4n) is 3.00. The number of nitrogens with zero attached hydrogens (tertiary/aromatic N) is 1. The zero-order chi connectivity index (χ0) is 17.2. The Morgan fingerprint density at radius 1 is 1.17 bits per heavy atom. The second kappa shape index (κ2) is 9.96. The van der Waals surface area contributed by atoms with E-state index in [1.165, 1.54) is 6.42 Å². The number of amides is 1. The fraction of sp³-hybridized carbons (Fsp3) is 0.579. The standard InChI is InChI=1S/C19H28N2O3/c1-21(17-11-6-3-7-12-17)14-8-13-20-18(22)15-24-19(23)16-9-4-2-5-10-16/h3,6-7,11-12,16H,2,4-5,8-10,13-15H2,1H3,(H,20,22). The van der Waals surface area contributed by atoms with E-state index in [2.05, 4.69) is 22.3 Å². The molecule has 24 heavy (non-hydrogen) atoms. The number of nitrogens with one attached hydrogen (secondary N) is 1. The van der Waals surface area contributed by atoms with Gasteiger partial charge in [0.15, 0.2) is 6.61 Å². The van der Waals surface area contributed by atoms with Crippen LogP contribution in [0.1, 0.15) is 38.5 Å². The van der Waals surface area contributed by atoms with E-state index in [1.54, 1.807) is 0 Å². The predicted octanol–water partition coefficient (Wildman–Crippen LogP) is 2.75. The minimum atomic E-state index is -0.221. The maximum Gasteiger partial charge on any atom is 0.309 e. The first kappa shape index (κ1) is 18.3. The van der Waals surface area contributed by atoms with E-state index in [1.807, 2.05) is 25.2 Å². The summed E-state index contributed by atoms with van der Waals surface area (Å²) in [5.41, 5.74) is 1.16. The van der Waals surface area contributed by atoms with Crippen LogP contribution < -0.4 is 10.2 Å². The summed E-state index contributed by atoms with van der Waals surface area (Å²) in [6, 6.07) is 10.1. The molecular formula is C19H28N2O3. The lowest BCUT2D eigenvalue weighted by atomic mass is 9.89. The summed E-state index contributed by atoms with van der Waals surface area (Å²) in [6.45, 7) is 1.27. The number of carbonyl (C=O) groups is 2. The van der Waals surface area contributed by atoms with E-state index in [9.17, 15) is 9.59 Å². The molecule has 0 spiro atoms. The van der Waals surface area contributed by atoms with Gasteiger partial charge in [0.05, 0.1) is 5.92 Å². The lowest BCUT2D eigenvalue weighted by Gasteiger charge is -2.20. The molecule has 0 atom stereocenters. The number of carbonyl (C=O) groups excluding carboxylic acids is 2. The zero-order valence-corrected chi connectivity index (χ0v) is 14.5. The topological polar surface area (TPSA) is 58.6 Å². The Kier molecular flexibility index (Phi) is 7.59. The van der Waals surface area contributed by atoms with Gasteiger partial charge in [-0.3, -0.25) is 9.59 Å². The second-order valence-electron chi connectivity index (χ2n) is 6.40. The van der Waals surface area contributed by atoms with Crippen LogP contribution in [0.3, 0.4) is 0 Å². The lowest BCUT2D eigenvalue weighted by molar-refractivity contribution is -0.153. The number of hydrogen-bond donors (Lipinski definition) is 1. The summed E-state index contributed by atoms with van der Waals surface area (Å²) in [5, 5.41) is 2.80. The first-order valence-electron chi connectivity index (χ1n) is 8.86. The van der Waals surface area contributed by atoms with Gasteiger partial charge in [0, 0.05) is 25.8 Å². The van der Waals surface area contributed by atoms with Crippen LogP contribution in [0, 0.1) is 5.92 Å². The number of hydrogen-bond acceptors (Lipinski definition) is 4.